The Morgan fingerprint density at radius 3 is 2.00 bits per heavy atom. The molecule has 1 rings (SSSR count). The van der Waals surface area contributed by atoms with E-state index in [0.717, 1.165) is 11.5 Å². The van der Waals surface area contributed by atoms with E-state index in [4.69, 9.17) is 4.42 Å². The largest absolute Gasteiger partial charge is 0.461 e. The highest BCUT2D eigenvalue weighted by atomic mass is 16.3. The Morgan fingerprint density at radius 1 is 1.20 bits per heavy atom. The second-order valence-electron chi connectivity index (χ2n) is 2.48. The third kappa shape index (κ3) is 0.878. The van der Waals surface area contributed by atoms with Gasteiger partial charge in [0.1, 0.15) is 11.5 Å². The molecule has 10 heavy (non-hydrogen) atoms. The van der Waals surface area contributed by atoms with Gasteiger partial charge in [-0.25, -0.2) is 0 Å². The first kappa shape index (κ1) is 7.13. The molecule has 0 N–H and O–H groups in total. The van der Waals surface area contributed by atoms with Crippen LogP contribution in [0.2, 0.25) is 0 Å². The van der Waals surface area contributed by atoms with E-state index in [9.17, 15) is 0 Å². The Morgan fingerprint density at radius 2 is 1.80 bits per heavy atom. The Balaban J connectivity index is 3.30. The SMILES string of the molecule is C=Cc1oc(C)c(C)c1C. The van der Waals surface area contributed by atoms with Crippen LogP contribution in [0.5, 0.6) is 0 Å². The lowest BCUT2D eigenvalue weighted by Crippen LogP contribution is -1.74. The molecular formula is C9H12O. The normalized spacial score (nSPS) is 9.90. The van der Waals surface area contributed by atoms with Crippen LogP contribution < -0.4 is 0 Å². The molecule has 0 amide bonds. The lowest BCUT2D eigenvalue weighted by molar-refractivity contribution is 0.521. The topological polar surface area (TPSA) is 13.1 Å². The summed E-state index contributed by atoms with van der Waals surface area (Å²) in [7, 11) is 0. The fraction of sp³-hybridized carbons (Fsp3) is 0.333. The molecule has 54 valence electrons. The average Bonchev–Trinajstić information content (AvgIpc) is 2.17. The van der Waals surface area contributed by atoms with Crippen LogP contribution in [0.4, 0.5) is 0 Å². The van der Waals surface area contributed by atoms with Crippen LogP contribution in [-0.2, 0) is 0 Å². The van der Waals surface area contributed by atoms with Crippen molar-refractivity contribution in [3.8, 4) is 0 Å². The molecule has 0 saturated carbocycles. The van der Waals surface area contributed by atoms with Crippen molar-refractivity contribution in [1.29, 1.82) is 0 Å². The van der Waals surface area contributed by atoms with Crippen molar-refractivity contribution < 1.29 is 4.42 Å². The van der Waals surface area contributed by atoms with Gasteiger partial charge in [0, 0.05) is 0 Å². The minimum absolute atomic E-state index is 0.898. The first-order valence-corrected chi connectivity index (χ1v) is 3.36. The first-order chi connectivity index (χ1) is 4.66. The van der Waals surface area contributed by atoms with Gasteiger partial charge in [-0.1, -0.05) is 6.58 Å². The maximum Gasteiger partial charge on any atom is 0.129 e. The van der Waals surface area contributed by atoms with Crippen molar-refractivity contribution >= 4 is 6.08 Å². The predicted molar refractivity (Wildman–Crippen MR) is 43.0 cm³/mol. The van der Waals surface area contributed by atoms with Crippen molar-refractivity contribution in [3.63, 3.8) is 0 Å². The predicted octanol–water partition coefficient (Wildman–Crippen LogP) is 2.85. The minimum Gasteiger partial charge on any atom is -0.461 e. The summed E-state index contributed by atoms with van der Waals surface area (Å²) < 4.78 is 5.38. The van der Waals surface area contributed by atoms with Crippen LogP contribution >= 0.6 is 0 Å². The van der Waals surface area contributed by atoms with E-state index in [1.54, 1.807) is 6.08 Å². The molecule has 1 aromatic rings. The Labute approximate surface area is 61.4 Å². The molecule has 0 unspecified atom stereocenters. The van der Waals surface area contributed by atoms with Crippen LogP contribution in [-0.4, -0.2) is 0 Å². The molecule has 1 aromatic heterocycles. The molecule has 0 spiro atoms. The van der Waals surface area contributed by atoms with E-state index in [-0.39, 0.29) is 0 Å². The zero-order chi connectivity index (χ0) is 7.72. The van der Waals surface area contributed by atoms with Gasteiger partial charge in [0.05, 0.1) is 0 Å². The highest BCUT2D eigenvalue weighted by Gasteiger charge is 2.05. The van der Waals surface area contributed by atoms with Crippen LogP contribution in [0, 0.1) is 20.8 Å². The number of aryl methyl sites for hydroxylation is 1. The van der Waals surface area contributed by atoms with Crippen LogP contribution in [0.3, 0.4) is 0 Å². The molecule has 1 heteroatoms. The maximum absolute atomic E-state index is 5.38. The summed E-state index contributed by atoms with van der Waals surface area (Å²) in [4.78, 5) is 0. The van der Waals surface area contributed by atoms with Gasteiger partial charge in [0.15, 0.2) is 0 Å². The number of rotatable bonds is 1. The zero-order valence-corrected chi connectivity index (χ0v) is 6.69. The van der Waals surface area contributed by atoms with E-state index in [1.807, 2.05) is 13.8 Å². The van der Waals surface area contributed by atoms with Gasteiger partial charge >= 0.3 is 0 Å². The number of hydrogen-bond donors (Lipinski definition) is 0. The average molecular weight is 136 g/mol. The van der Waals surface area contributed by atoms with E-state index in [2.05, 4.69) is 13.5 Å². The van der Waals surface area contributed by atoms with Gasteiger partial charge in [0.25, 0.3) is 0 Å². The molecular weight excluding hydrogens is 124 g/mol. The molecule has 1 heterocycles. The third-order valence-electron chi connectivity index (χ3n) is 1.91. The van der Waals surface area contributed by atoms with Crippen molar-refractivity contribution in [1.82, 2.24) is 0 Å². The van der Waals surface area contributed by atoms with Crippen molar-refractivity contribution in [2.24, 2.45) is 0 Å². The van der Waals surface area contributed by atoms with E-state index < -0.39 is 0 Å². The van der Waals surface area contributed by atoms with Gasteiger partial charge < -0.3 is 4.42 Å². The van der Waals surface area contributed by atoms with Crippen molar-refractivity contribution in [2.45, 2.75) is 20.8 Å². The molecule has 0 fully saturated rings. The second-order valence-corrected chi connectivity index (χ2v) is 2.48. The fourth-order valence-corrected chi connectivity index (χ4v) is 0.962. The van der Waals surface area contributed by atoms with Crippen molar-refractivity contribution in [3.05, 3.63) is 29.2 Å². The standard InChI is InChI=1S/C9H12O/c1-5-9-7(3)6(2)8(4)10-9/h5H,1H2,2-4H3. The molecule has 0 bridgehead atoms. The summed E-state index contributed by atoms with van der Waals surface area (Å²) in [6.45, 7) is 9.72. The molecule has 0 radical (unpaired) electrons. The molecule has 0 saturated heterocycles. The number of furan rings is 1. The van der Waals surface area contributed by atoms with Gasteiger partial charge in [-0.3, -0.25) is 0 Å². The van der Waals surface area contributed by atoms with Gasteiger partial charge in [-0.2, -0.15) is 0 Å². The van der Waals surface area contributed by atoms with E-state index >= 15 is 0 Å². The number of hydrogen-bond acceptors (Lipinski definition) is 1. The van der Waals surface area contributed by atoms with E-state index in [1.165, 1.54) is 11.1 Å². The lowest BCUT2D eigenvalue weighted by atomic mass is 10.1. The highest BCUT2D eigenvalue weighted by molar-refractivity contribution is 5.48. The Hall–Kier alpha value is -0.980. The molecule has 0 aliphatic heterocycles. The van der Waals surface area contributed by atoms with Gasteiger partial charge in [-0.15, -0.1) is 0 Å². The van der Waals surface area contributed by atoms with Gasteiger partial charge in [-0.05, 0) is 38.0 Å². The fourth-order valence-electron chi connectivity index (χ4n) is 0.962. The Kier molecular flexibility index (Phi) is 1.66. The summed E-state index contributed by atoms with van der Waals surface area (Å²) in [5, 5.41) is 0. The Bertz CT molecular complexity index is 256. The van der Waals surface area contributed by atoms with Crippen molar-refractivity contribution in [2.75, 3.05) is 0 Å². The summed E-state index contributed by atoms with van der Waals surface area (Å²) in [6.07, 6.45) is 1.75. The summed E-state index contributed by atoms with van der Waals surface area (Å²) in [5.74, 6) is 1.89. The maximum atomic E-state index is 5.38. The smallest absolute Gasteiger partial charge is 0.129 e. The molecule has 0 aliphatic rings. The van der Waals surface area contributed by atoms with Crippen LogP contribution in [0.15, 0.2) is 11.0 Å². The molecule has 1 nitrogen and oxygen atoms in total. The first-order valence-electron chi connectivity index (χ1n) is 3.36. The lowest BCUT2D eigenvalue weighted by Gasteiger charge is -1.86. The van der Waals surface area contributed by atoms with E-state index in [0.29, 0.717) is 0 Å². The second kappa shape index (κ2) is 2.33. The zero-order valence-electron chi connectivity index (χ0n) is 6.69. The molecule has 0 aliphatic carbocycles. The molecule has 0 aromatic carbocycles. The van der Waals surface area contributed by atoms with Gasteiger partial charge in [0.2, 0.25) is 0 Å². The highest BCUT2D eigenvalue weighted by Crippen LogP contribution is 2.20. The summed E-state index contributed by atoms with van der Waals surface area (Å²) in [6, 6.07) is 0. The quantitative estimate of drug-likeness (QED) is 0.578. The monoisotopic (exact) mass is 136 g/mol. The summed E-state index contributed by atoms with van der Waals surface area (Å²) in [5.41, 5.74) is 2.43. The summed E-state index contributed by atoms with van der Waals surface area (Å²) >= 11 is 0. The van der Waals surface area contributed by atoms with Crippen LogP contribution in [0.1, 0.15) is 22.6 Å². The third-order valence-corrected chi connectivity index (χ3v) is 1.91. The minimum atomic E-state index is 0.898. The van der Waals surface area contributed by atoms with Crippen LogP contribution in [0.25, 0.3) is 6.08 Å². The molecule has 0 atom stereocenters.